The summed E-state index contributed by atoms with van der Waals surface area (Å²) < 4.78 is 5.63. The van der Waals surface area contributed by atoms with E-state index in [0.717, 1.165) is 12.5 Å². The fraction of sp³-hybridized carbons (Fsp3) is 1.00. The van der Waals surface area contributed by atoms with Gasteiger partial charge in [-0.2, -0.15) is 0 Å². The maximum Gasteiger partial charge on any atom is 0.0702 e. The van der Waals surface area contributed by atoms with E-state index in [1.807, 2.05) is 0 Å². The molecule has 2 atom stereocenters. The topological polar surface area (TPSA) is 38.5 Å². The minimum atomic E-state index is 0.413. The summed E-state index contributed by atoms with van der Waals surface area (Å²) in [5.74, 6) is 0.859. The minimum absolute atomic E-state index is 0.413. The smallest absolute Gasteiger partial charge is 0.0702 e. The van der Waals surface area contributed by atoms with Gasteiger partial charge in [-0.3, -0.25) is 0 Å². The lowest BCUT2D eigenvalue weighted by molar-refractivity contribution is 0.0748. The summed E-state index contributed by atoms with van der Waals surface area (Å²) in [6, 6.07) is 1.10. The fourth-order valence-corrected chi connectivity index (χ4v) is 3.21. The van der Waals surface area contributed by atoms with Gasteiger partial charge in [0.25, 0.3) is 0 Å². The van der Waals surface area contributed by atoms with Gasteiger partial charge in [-0.25, -0.2) is 0 Å². The quantitative estimate of drug-likeness (QED) is 0.794. The molecule has 2 fully saturated rings. The van der Waals surface area contributed by atoms with Crippen LogP contribution in [0.5, 0.6) is 0 Å². The summed E-state index contributed by atoms with van der Waals surface area (Å²) in [7, 11) is 2.25. The summed E-state index contributed by atoms with van der Waals surface area (Å²) in [4.78, 5) is 2.51. The fourth-order valence-electron chi connectivity index (χ4n) is 3.21. The lowest BCUT2D eigenvalue weighted by atomic mass is 9.86. The predicted octanol–water partition coefficient (Wildman–Crippen LogP) is 1.61. The van der Waals surface area contributed by atoms with Crippen molar-refractivity contribution in [2.24, 2.45) is 11.7 Å². The second kappa shape index (κ2) is 5.48. The van der Waals surface area contributed by atoms with Crippen molar-refractivity contribution in [2.75, 3.05) is 20.2 Å². The zero-order valence-electron chi connectivity index (χ0n) is 10.7. The number of hydrogen-bond acceptors (Lipinski definition) is 3. The molecule has 94 valence electrons. The molecule has 0 aromatic rings. The average molecular weight is 226 g/mol. The van der Waals surface area contributed by atoms with Gasteiger partial charge in [0.15, 0.2) is 0 Å². The van der Waals surface area contributed by atoms with E-state index in [1.54, 1.807) is 0 Å². The van der Waals surface area contributed by atoms with E-state index in [4.69, 9.17) is 10.5 Å². The Morgan fingerprint density at radius 3 is 2.44 bits per heavy atom. The minimum Gasteiger partial charge on any atom is -0.377 e. The number of ether oxygens (including phenoxy) is 1. The zero-order chi connectivity index (χ0) is 11.5. The number of hydrogen-bond donors (Lipinski definition) is 1. The van der Waals surface area contributed by atoms with E-state index >= 15 is 0 Å². The van der Waals surface area contributed by atoms with Crippen LogP contribution in [-0.4, -0.2) is 43.3 Å². The third-order valence-electron chi connectivity index (χ3n) is 4.34. The second-order valence-electron chi connectivity index (χ2n) is 5.65. The van der Waals surface area contributed by atoms with Crippen molar-refractivity contribution >= 4 is 0 Å². The Morgan fingerprint density at radius 1 is 1.19 bits per heavy atom. The van der Waals surface area contributed by atoms with Crippen LogP contribution in [-0.2, 0) is 4.74 Å². The van der Waals surface area contributed by atoms with E-state index in [0.29, 0.717) is 18.2 Å². The van der Waals surface area contributed by atoms with Gasteiger partial charge in [0.2, 0.25) is 0 Å². The standard InChI is InChI=1S/C13H26N2O/c1-10-13(7-8-16-10)15(2)9-11-3-5-12(14)6-4-11/h10-13H,3-9,14H2,1-2H3. The van der Waals surface area contributed by atoms with Crippen LogP contribution in [0.1, 0.15) is 39.0 Å². The van der Waals surface area contributed by atoms with E-state index in [9.17, 15) is 0 Å². The van der Waals surface area contributed by atoms with Crippen LogP contribution in [0, 0.1) is 5.92 Å². The molecule has 1 saturated heterocycles. The van der Waals surface area contributed by atoms with Crippen LogP contribution in [0.25, 0.3) is 0 Å². The maximum absolute atomic E-state index is 5.94. The Hall–Kier alpha value is -0.120. The van der Waals surface area contributed by atoms with Crippen molar-refractivity contribution in [2.45, 2.75) is 57.2 Å². The molecule has 2 aliphatic rings. The summed E-state index contributed by atoms with van der Waals surface area (Å²) in [6.07, 6.45) is 6.67. The highest BCUT2D eigenvalue weighted by atomic mass is 16.5. The first-order valence-corrected chi connectivity index (χ1v) is 6.74. The van der Waals surface area contributed by atoms with E-state index in [-0.39, 0.29) is 0 Å². The van der Waals surface area contributed by atoms with Gasteiger partial charge < -0.3 is 15.4 Å². The Bertz CT molecular complexity index is 214. The molecule has 0 amide bonds. The van der Waals surface area contributed by atoms with Crippen LogP contribution in [0.15, 0.2) is 0 Å². The highest BCUT2D eigenvalue weighted by Crippen LogP contribution is 2.26. The first kappa shape index (κ1) is 12.3. The first-order valence-electron chi connectivity index (χ1n) is 6.74. The molecule has 3 heteroatoms. The second-order valence-corrected chi connectivity index (χ2v) is 5.65. The zero-order valence-corrected chi connectivity index (χ0v) is 10.7. The molecule has 0 bridgehead atoms. The first-order chi connectivity index (χ1) is 7.66. The summed E-state index contributed by atoms with van der Waals surface area (Å²) in [5, 5.41) is 0. The average Bonchev–Trinajstić information content (AvgIpc) is 2.68. The molecule has 3 nitrogen and oxygen atoms in total. The Kier molecular flexibility index (Phi) is 4.22. The molecular formula is C13H26N2O. The van der Waals surface area contributed by atoms with Crippen molar-refractivity contribution in [3.8, 4) is 0 Å². The molecule has 0 spiro atoms. The largest absolute Gasteiger partial charge is 0.377 e. The molecular weight excluding hydrogens is 200 g/mol. The van der Waals surface area contributed by atoms with Crippen LogP contribution < -0.4 is 5.73 Å². The third-order valence-corrected chi connectivity index (χ3v) is 4.34. The van der Waals surface area contributed by atoms with Crippen molar-refractivity contribution in [3.05, 3.63) is 0 Å². The number of likely N-dealkylation sites (N-methyl/N-ethyl adjacent to an activating group) is 1. The van der Waals surface area contributed by atoms with Crippen LogP contribution in [0.2, 0.25) is 0 Å². The van der Waals surface area contributed by atoms with Gasteiger partial charge in [0, 0.05) is 25.2 Å². The van der Waals surface area contributed by atoms with Crippen LogP contribution in [0.3, 0.4) is 0 Å². The summed E-state index contributed by atoms with van der Waals surface area (Å²) in [5.41, 5.74) is 5.94. The van der Waals surface area contributed by atoms with Crippen molar-refractivity contribution in [3.63, 3.8) is 0 Å². The number of nitrogens with zero attached hydrogens (tertiary/aromatic N) is 1. The third kappa shape index (κ3) is 2.96. The monoisotopic (exact) mass is 226 g/mol. The van der Waals surface area contributed by atoms with Crippen LogP contribution in [0.4, 0.5) is 0 Å². The molecule has 1 heterocycles. The van der Waals surface area contributed by atoms with E-state index < -0.39 is 0 Å². The SMILES string of the molecule is CC1OCCC1N(C)CC1CCC(N)CC1. The lowest BCUT2D eigenvalue weighted by Gasteiger charge is -2.33. The highest BCUT2D eigenvalue weighted by molar-refractivity contribution is 4.83. The van der Waals surface area contributed by atoms with Crippen molar-refractivity contribution in [1.82, 2.24) is 4.90 Å². The Balaban J connectivity index is 1.76. The van der Waals surface area contributed by atoms with E-state index in [1.165, 1.54) is 38.6 Å². The summed E-state index contributed by atoms with van der Waals surface area (Å²) >= 11 is 0. The van der Waals surface area contributed by atoms with E-state index in [2.05, 4.69) is 18.9 Å². The van der Waals surface area contributed by atoms with Gasteiger partial charge in [-0.05, 0) is 52.0 Å². The summed E-state index contributed by atoms with van der Waals surface area (Å²) in [6.45, 7) is 4.36. The maximum atomic E-state index is 5.94. The highest BCUT2D eigenvalue weighted by Gasteiger charge is 2.29. The Morgan fingerprint density at radius 2 is 1.88 bits per heavy atom. The van der Waals surface area contributed by atoms with Gasteiger partial charge in [0.05, 0.1) is 6.10 Å². The molecule has 0 radical (unpaired) electrons. The Labute approximate surface area is 99.3 Å². The van der Waals surface area contributed by atoms with Gasteiger partial charge in [-0.15, -0.1) is 0 Å². The predicted molar refractivity (Wildman–Crippen MR) is 66.4 cm³/mol. The molecule has 1 saturated carbocycles. The molecule has 0 aromatic carbocycles. The normalized spacial score (nSPS) is 40.5. The van der Waals surface area contributed by atoms with Crippen molar-refractivity contribution in [1.29, 1.82) is 0 Å². The van der Waals surface area contributed by atoms with Crippen molar-refractivity contribution < 1.29 is 4.74 Å². The molecule has 2 unspecified atom stereocenters. The number of rotatable bonds is 3. The molecule has 2 N–H and O–H groups in total. The van der Waals surface area contributed by atoms with Gasteiger partial charge >= 0.3 is 0 Å². The lowest BCUT2D eigenvalue weighted by Crippen LogP contribution is -2.41. The van der Waals surface area contributed by atoms with Crippen LogP contribution >= 0.6 is 0 Å². The molecule has 1 aliphatic heterocycles. The molecule has 0 aromatic heterocycles. The van der Waals surface area contributed by atoms with Gasteiger partial charge in [0.1, 0.15) is 0 Å². The van der Waals surface area contributed by atoms with Gasteiger partial charge in [-0.1, -0.05) is 0 Å². The molecule has 2 rings (SSSR count). The molecule has 1 aliphatic carbocycles. The molecule has 16 heavy (non-hydrogen) atoms. The number of nitrogens with two attached hydrogens (primary N) is 1.